The number of nitrogens with one attached hydrogen (secondary N) is 2. The van der Waals surface area contributed by atoms with Gasteiger partial charge in [0.1, 0.15) is 17.0 Å². The van der Waals surface area contributed by atoms with Gasteiger partial charge in [-0.15, -0.1) is 0 Å². The summed E-state index contributed by atoms with van der Waals surface area (Å²) >= 11 is 6.92. The molecule has 0 radical (unpaired) electrons. The van der Waals surface area contributed by atoms with E-state index in [1.54, 1.807) is 19.0 Å². The molecule has 14 nitrogen and oxygen atoms in total. The number of nitrogens with zero attached hydrogens (tertiary/aromatic N) is 6. The Morgan fingerprint density at radius 3 is 1.48 bits per heavy atom. The van der Waals surface area contributed by atoms with Gasteiger partial charge in [0.15, 0.2) is 21.0 Å². The normalized spacial score (nSPS) is 16.4. The zero-order chi connectivity index (χ0) is 40.9. The molecule has 2 N–H and O–H groups in total. The number of Topliss-reactive ketones (excluding diaryl/α,β-unsaturated/α-hetero) is 2. The molecule has 2 aliphatic rings. The fourth-order valence-electron chi connectivity index (χ4n) is 6.63. The van der Waals surface area contributed by atoms with Gasteiger partial charge in [-0.05, 0) is 89.9 Å². The number of amides is 3. The Bertz CT molecular complexity index is 1700. The summed E-state index contributed by atoms with van der Waals surface area (Å²) in [5.41, 5.74) is 1.13. The van der Waals surface area contributed by atoms with E-state index in [2.05, 4.69) is 61.9 Å². The van der Waals surface area contributed by atoms with Crippen LogP contribution in [0.25, 0.3) is 0 Å². The van der Waals surface area contributed by atoms with Crippen LogP contribution >= 0.6 is 31.9 Å². The highest BCUT2D eigenvalue weighted by atomic mass is 79.9. The number of ketones is 2. The lowest BCUT2D eigenvalue weighted by molar-refractivity contribution is -0.128. The van der Waals surface area contributed by atoms with Crippen molar-refractivity contribution in [3.63, 3.8) is 0 Å². The zero-order valence-corrected chi connectivity index (χ0v) is 37.3. The maximum Gasteiger partial charge on any atom is 0.410 e. The van der Waals surface area contributed by atoms with E-state index >= 15 is 0 Å². The van der Waals surface area contributed by atoms with Gasteiger partial charge in [-0.2, -0.15) is 0 Å². The molecule has 0 unspecified atom stereocenters. The van der Waals surface area contributed by atoms with E-state index in [-0.39, 0.29) is 59.5 Å². The molecule has 0 bridgehead atoms. The van der Waals surface area contributed by atoms with Crippen LogP contribution in [0.1, 0.15) is 120 Å². The van der Waals surface area contributed by atoms with Gasteiger partial charge < -0.3 is 34.3 Å². The molecule has 302 valence electrons. The van der Waals surface area contributed by atoms with Crippen LogP contribution < -0.4 is 10.6 Å². The lowest BCUT2D eigenvalue weighted by Gasteiger charge is -2.28. The Morgan fingerprint density at radius 1 is 0.685 bits per heavy atom. The first-order valence-electron chi connectivity index (χ1n) is 18.5. The second-order valence-corrected chi connectivity index (χ2v) is 18.7. The Kier molecular flexibility index (Phi) is 15.3. The second kappa shape index (κ2) is 18.2. The molecule has 0 aliphatic carbocycles. The van der Waals surface area contributed by atoms with E-state index in [0.29, 0.717) is 46.2 Å². The van der Waals surface area contributed by atoms with Gasteiger partial charge in [0.2, 0.25) is 11.8 Å². The predicted molar refractivity (Wildman–Crippen MR) is 214 cm³/mol. The van der Waals surface area contributed by atoms with Crippen LogP contribution in [-0.2, 0) is 40.5 Å². The number of halogens is 2. The van der Waals surface area contributed by atoms with Crippen molar-refractivity contribution < 1.29 is 28.7 Å². The van der Waals surface area contributed by atoms with Gasteiger partial charge in [-0.1, -0.05) is 41.5 Å². The minimum absolute atomic E-state index is 0.0477. The summed E-state index contributed by atoms with van der Waals surface area (Å²) in [5, 5.41) is 5.33. The van der Waals surface area contributed by atoms with E-state index in [0.717, 1.165) is 31.6 Å². The molecule has 0 fully saturated rings. The molecule has 54 heavy (non-hydrogen) atoms. The van der Waals surface area contributed by atoms with E-state index in [4.69, 9.17) is 4.74 Å². The maximum absolute atomic E-state index is 13.2. The summed E-state index contributed by atoms with van der Waals surface area (Å²) in [7, 11) is 5.23. The fourth-order valence-corrected chi connectivity index (χ4v) is 7.76. The van der Waals surface area contributed by atoms with Gasteiger partial charge in [-0.25, -0.2) is 14.8 Å². The largest absolute Gasteiger partial charge is 0.444 e. The Morgan fingerprint density at radius 2 is 1.09 bits per heavy atom. The Hall–Kier alpha value is -3.11. The number of hydrogen-bond donors (Lipinski definition) is 2. The summed E-state index contributed by atoms with van der Waals surface area (Å²) in [6, 6.07) is 0. The molecular weight excluding hydrogens is 824 g/mol. The first kappa shape index (κ1) is 45.3. The van der Waals surface area contributed by atoms with Crippen LogP contribution in [-0.4, -0.2) is 98.2 Å². The number of imidazole rings is 2. The van der Waals surface area contributed by atoms with E-state index in [9.17, 15) is 24.0 Å². The van der Waals surface area contributed by atoms with Crippen LogP contribution in [0.4, 0.5) is 4.79 Å². The third kappa shape index (κ3) is 11.7. The average Bonchev–Trinajstić information content (AvgIpc) is 3.32. The lowest BCUT2D eigenvalue weighted by atomic mass is 9.77. The number of aromatic nitrogens is 4. The highest BCUT2D eigenvalue weighted by Crippen LogP contribution is 2.33. The van der Waals surface area contributed by atoms with E-state index in [1.165, 1.54) is 0 Å². The van der Waals surface area contributed by atoms with Crippen molar-refractivity contribution in [3.8, 4) is 0 Å². The number of carbonyl (C=O) groups is 5. The van der Waals surface area contributed by atoms with E-state index in [1.807, 2.05) is 73.9 Å². The molecule has 2 aromatic rings. The SMILES string of the molecule is CNC(=O)[C@@H](CC(=O)c1nc(Br)n2c1CN(C(=O)OC(C)(C)C)CCC2)C(C)(C)C.CNC(=O)[C@@H](CC(=O)c1nc(Br)n2c1CN(C)CCC2)C(C)(C)C. The number of hydrogen-bond acceptors (Lipinski definition) is 9. The molecule has 3 amide bonds. The number of fused-ring (bicyclic) bond motifs is 2. The van der Waals surface area contributed by atoms with Crippen LogP contribution in [0.3, 0.4) is 0 Å². The molecule has 16 heteroatoms. The third-order valence-corrected chi connectivity index (χ3v) is 10.9. The van der Waals surface area contributed by atoms with Crippen LogP contribution in [0.5, 0.6) is 0 Å². The lowest BCUT2D eigenvalue weighted by Crippen LogP contribution is -2.38. The summed E-state index contributed by atoms with van der Waals surface area (Å²) < 4.78 is 10.8. The smallest absolute Gasteiger partial charge is 0.410 e. The molecule has 0 spiro atoms. The second-order valence-electron chi connectivity index (χ2n) is 17.3. The van der Waals surface area contributed by atoms with Gasteiger partial charge in [-0.3, -0.25) is 19.2 Å². The first-order valence-corrected chi connectivity index (χ1v) is 20.1. The standard InChI is InChI=1S/C21H33BrN4O4.C17H27BrN4O2/c1-20(2,3)13(17(28)23-7)11-15(27)16-14-12-25(19(29)30-21(4,5)6)9-8-10-26(14)18(22)24-16;1-17(2,3)11(15(24)19-4)9-13(23)14-12-10-21(5)7-6-8-22(12)16(18)20-14/h13H,8-12H2,1-7H3,(H,23,28);11H,6-10H2,1-5H3,(H,19,24)/t13-;11-/m11/s1. The summed E-state index contributed by atoms with van der Waals surface area (Å²) in [5.74, 6) is -1.41. The van der Waals surface area contributed by atoms with Crippen molar-refractivity contribution in [2.45, 2.75) is 120 Å². The van der Waals surface area contributed by atoms with Crippen molar-refractivity contribution >= 4 is 61.3 Å². The molecule has 2 aliphatic heterocycles. The van der Waals surface area contributed by atoms with Crippen molar-refractivity contribution in [1.82, 2.24) is 39.5 Å². The number of rotatable bonds is 8. The maximum atomic E-state index is 13.2. The molecule has 2 atom stereocenters. The van der Waals surface area contributed by atoms with Gasteiger partial charge in [0.05, 0.1) is 29.8 Å². The Labute approximate surface area is 337 Å². The van der Waals surface area contributed by atoms with Crippen molar-refractivity contribution in [1.29, 1.82) is 0 Å². The first-order chi connectivity index (χ1) is 24.9. The summed E-state index contributed by atoms with van der Waals surface area (Å²) in [6.07, 6.45) is 1.55. The van der Waals surface area contributed by atoms with E-state index < -0.39 is 17.6 Å². The molecule has 2 aromatic heterocycles. The molecule has 0 saturated carbocycles. The van der Waals surface area contributed by atoms with Crippen LogP contribution in [0.2, 0.25) is 0 Å². The number of ether oxygens (including phenoxy) is 1. The van der Waals surface area contributed by atoms with Crippen molar-refractivity contribution in [2.75, 3.05) is 34.2 Å². The van der Waals surface area contributed by atoms with Crippen LogP contribution in [0, 0.1) is 22.7 Å². The molecule has 4 heterocycles. The van der Waals surface area contributed by atoms with Gasteiger partial charge in [0.25, 0.3) is 0 Å². The number of carbonyl (C=O) groups excluding carboxylic acids is 5. The Balaban J connectivity index is 0.000000297. The van der Waals surface area contributed by atoms with Gasteiger partial charge >= 0.3 is 6.09 Å². The minimum Gasteiger partial charge on any atom is -0.444 e. The third-order valence-electron chi connectivity index (χ3n) is 9.72. The molecule has 0 aromatic carbocycles. The van der Waals surface area contributed by atoms with Crippen molar-refractivity contribution in [3.05, 3.63) is 32.2 Å². The topological polar surface area (TPSA) is 161 Å². The highest BCUT2D eigenvalue weighted by Gasteiger charge is 2.37. The molecular formula is C38H60Br2N8O6. The summed E-state index contributed by atoms with van der Waals surface area (Å²) in [4.78, 5) is 76.1. The zero-order valence-electron chi connectivity index (χ0n) is 34.1. The fraction of sp³-hybridized carbons (Fsp3) is 0.711. The quantitative estimate of drug-likeness (QED) is 0.293. The van der Waals surface area contributed by atoms with Crippen molar-refractivity contribution in [2.24, 2.45) is 22.7 Å². The molecule has 4 rings (SSSR count). The predicted octanol–water partition coefficient (Wildman–Crippen LogP) is 6.23. The summed E-state index contributed by atoms with van der Waals surface area (Å²) in [6.45, 7) is 21.2. The highest BCUT2D eigenvalue weighted by molar-refractivity contribution is 9.10. The molecule has 0 saturated heterocycles. The average molecular weight is 885 g/mol. The van der Waals surface area contributed by atoms with Gasteiger partial charge in [0, 0.05) is 53.1 Å². The minimum atomic E-state index is -0.601. The van der Waals surface area contributed by atoms with Crippen LogP contribution in [0.15, 0.2) is 9.47 Å². The monoisotopic (exact) mass is 882 g/mol.